The molecule has 4 nitrogen and oxygen atoms in total. The van der Waals surface area contributed by atoms with Gasteiger partial charge in [0, 0.05) is 17.3 Å². The molecule has 0 fully saturated rings. The van der Waals surface area contributed by atoms with Crippen LogP contribution >= 0.6 is 0 Å². The highest BCUT2D eigenvalue weighted by Crippen LogP contribution is 2.23. The van der Waals surface area contributed by atoms with Gasteiger partial charge in [0.25, 0.3) is 0 Å². The molecule has 0 saturated carbocycles. The Morgan fingerprint density at radius 2 is 1.81 bits per heavy atom. The highest BCUT2D eigenvalue weighted by Gasteiger charge is 2.03. The lowest BCUT2D eigenvalue weighted by molar-refractivity contribution is 0.282. The number of rotatable bonds is 2. The van der Waals surface area contributed by atoms with E-state index in [-0.39, 0.29) is 12.4 Å². The van der Waals surface area contributed by atoms with Crippen LogP contribution < -0.4 is 5.73 Å². The van der Waals surface area contributed by atoms with Crippen molar-refractivity contribution in [1.82, 2.24) is 4.98 Å². The quantitative estimate of drug-likeness (QED) is 0.711. The van der Waals surface area contributed by atoms with Gasteiger partial charge in [-0.2, -0.15) is 0 Å². The van der Waals surface area contributed by atoms with Crippen LogP contribution in [-0.4, -0.2) is 15.2 Å². The number of phenols is 1. The van der Waals surface area contributed by atoms with Gasteiger partial charge in [-0.15, -0.1) is 0 Å². The minimum atomic E-state index is -0.134. The van der Waals surface area contributed by atoms with Crippen LogP contribution in [0.2, 0.25) is 0 Å². The molecule has 0 bridgehead atoms. The summed E-state index contributed by atoms with van der Waals surface area (Å²) in [5.41, 5.74) is 7.97. The predicted octanol–water partition coefficient (Wildman–Crippen LogP) is 1.53. The third-order valence-electron chi connectivity index (χ3n) is 2.37. The molecule has 0 saturated heterocycles. The standard InChI is InChI=1S/C12H12N2O2/c13-12-10(7-15)5-9(6-14-12)8-1-3-11(16)4-2-8/h1-6,15-16H,7H2,(H2,13,14). The first-order valence-corrected chi connectivity index (χ1v) is 4.85. The van der Waals surface area contributed by atoms with E-state index in [1.807, 2.05) is 0 Å². The summed E-state index contributed by atoms with van der Waals surface area (Å²) in [6.45, 7) is -0.134. The largest absolute Gasteiger partial charge is 0.508 e. The Labute approximate surface area is 93.0 Å². The molecule has 0 spiro atoms. The van der Waals surface area contributed by atoms with Crippen molar-refractivity contribution in [1.29, 1.82) is 0 Å². The molecule has 0 unspecified atom stereocenters. The number of hydrogen-bond donors (Lipinski definition) is 3. The van der Waals surface area contributed by atoms with Gasteiger partial charge in [0.05, 0.1) is 6.61 Å². The topological polar surface area (TPSA) is 79.4 Å². The first kappa shape index (κ1) is 10.4. The summed E-state index contributed by atoms with van der Waals surface area (Å²) in [6, 6.07) is 8.55. The van der Waals surface area contributed by atoms with E-state index in [0.29, 0.717) is 11.4 Å². The second kappa shape index (κ2) is 4.20. The van der Waals surface area contributed by atoms with Gasteiger partial charge in [-0.3, -0.25) is 0 Å². The number of aliphatic hydroxyl groups excluding tert-OH is 1. The molecule has 2 rings (SSSR count). The number of aromatic hydroxyl groups is 1. The summed E-state index contributed by atoms with van der Waals surface area (Å²) >= 11 is 0. The van der Waals surface area contributed by atoms with Crippen molar-refractivity contribution in [3.05, 3.63) is 42.1 Å². The van der Waals surface area contributed by atoms with Crippen LogP contribution in [0.1, 0.15) is 5.56 Å². The van der Waals surface area contributed by atoms with Gasteiger partial charge in [-0.05, 0) is 23.8 Å². The van der Waals surface area contributed by atoms with Crippen molar-refractivity contribution in [3.8, 4) is 16.9 Å². The number of hydrogen-bond acceptors (Lipinski definition) is 4. The number of anilines is 1. The van der Waals surface area contributed by atoms with Gasteiger partial charge >= 0.3 is 0 Å². The molecule has 0 aliphatic carbocycles. The third-order valence-corrected chi connectivity index (χ3v) is 2.37. The number of phenolic OH excluding ortho intramolecular Hbond substituents is 1. The molecule has 0 radical (unpaired) electrons. The molecule has 1 aromatic heterocycles. The smallest absolute Gasteiger partial charge is 0.128 e. The van der Waals surface area contributed by atoms with Crippen LogP contribution in [0, 0.1) is 0 Å². The van der Waals surface area contributed by atoms with Gasteiger partial charge in [0.2, 0.25) is 0 Å². The van der Waals surface area contributed by atoms with E-state index < -0.39 is 0 Å². The number of aliphatic hydroxyl groups is 1. The van der Waals surface area contributed by atoms with Gasteiger partial charge in [-0.1, -0.05) is 12.1 Å². The van der Waals surface area contributed by atoms with Crippen molar-refractivity contribution in [2.75, 3.05) is 5.73 Å². The van der Waals surface area contributed by atoms with Crippen LogP contribution in [0.5, 0.6) is 5.75 Å². The summed E-state index contributed by atoms with van der Waals surface area (Å²) in [5.74, 6) is 0.555. The monoisotopic (exact) mass is 216 g/mol. The van der Waals surface area contributed by atoms with Crippen molar-refractivity contribution >= 4 is 5.82 Å². The summed E-state index contributed by atoms with van der Waals surface area (Å²) < 4.78 is 0. The molecule has 1 heterocycles. The minimum absolute atomic E-state index is 0.134. The maximum Gasteiger partial charge on any atom is 0.128 e. The van der Waals surface area contributed by atoms with Gasteiger partial charge in [0.15, 0.2) is 0 Å². The Hall–Kier alpha value is -2.07. The average molecular weight is 216 g/mol. The SMILES string of the molecule is Nc1ncc(-c2ccc(O)cc2)cc1CO. The summed E-state index contributed by atoms with van der Waals surface area (Å²) in [5, 5.41) is 18.2. The Bertz CT molecular complexity index is 495. The van der Waals surface area contributed by atoms with Gasteiger partial charge in [-0.25, -0.2) is 4.98 Å². The molecule has 4 N–H and O–H groups in total. The Kier molecular flexibility index (Phi) is 2.74. The maximum atomic E-state index is 9.17. The van der Waals surface area contributed by atoms with Gasteiger partial charge in [0.1, 0.15) is 11.6 Å². The van der Waals surface area contributed by atoms with E-state index >= 15 is 0 Å². The fourth-order valence-corrected chi connectivity index (χ4v) is 1.46. The molecule has 0 atom stereocenters. The zero-order valence-corrected chi connectivity index (χ0v) is 8.59. The zero-order valence-electron chi connectivity index (χ0n) is 8.59. The van der Waals surface area contributed by atoms with Gasteiger partial charge < -0.3 is 15.9 Å². The molecule has 1 aromatic carbocycles. The maximum absolute atomic E-state index is 9.17. The first-order valence-electron chi connectivity index (χ1n) is 4.85. The van der Waals surface area contributed by atoms with Crippen LogP contribution in [0.3, 0.4) is 0 Å². The molecule has 16 heavy (non-hydrogen) atoms. The van der Waals surface area contributed by atoms with Crippen LogP contribution in [0.4, 0.5) is 5.82 Å². The summed E-state index contributed by atoms with van der Waals surface area (Å²) in [7, 11) is 0. The molecular weight excluding hydrogens is 204 g/mol. The van der Waals surface area contributed by atoms with E-state index in [2.05, 4.69) is 4.98 Å². The van der Waals surface area contributed by atoms with E-state index in [1.54, 1.807) is 36.5 Å². The number of aromatic nitrogens is 1. The second-order valence-corrected chi connectivity index (χ2v) is 3.47. The normalized spacial score (nSPS) is 10.3. The number of nitrogens with zero attached hydrogens (tertiary/aromatic N) is 1. The van der Waals surface area contributed by atoms with E-state index in [9.17, 15) is 5.11 Å². The van der Waals surface area contributed by atoms with E-state index in [1.165, 1.54) is 0 Å². The van der Waals surface area contributed by atoms with Crippen LogP contribution in [-0.2, 0) is 6.61 Å². The fraction of sp³-hybridized carbons (Fsp3) is 0.0833. The summed E-state index contributed by atoms with van der Waals surface area (Å²) in [4.78, 5) is 4.00. The Balaban J connectivity index is 2.44. The second-order valence-electron chi connectivity index (χ2n) is 3.47. The molecule has 4 heteroatoms. The lowest BCUT2D eigenvalue weighted by Crippen LogP contribution is -1.97. The number of nitrogen functional groups attached to an aromatic ring is 1. The molecule has 0 aliphatic rings. The molecule has 0 aliphatic heterocycles. The molecule has 2 aromatic rings. The van der Waals surface area contributed by atoms with Crippen LogP contribution in [0.15, 0.2) is 36.5 Å². The predicted molar refractivity (Wildman–Crippen MR) is 61.7 cm³/mol. The lowest BCUT2D eigenvalue weighted by atomic mass is 10.1. The minimum Gasteiger partial charge on any atom is -0.508 e. The van der Waals surface area contributed by atoms with Crippen molar-refractivity contribution in [2.24, 2.45) is 0 Å². The van der Waals surface area contributed by atoms with Crippen molar-refractivity contribution in [3.63, 3.8) is 0 Å². The highest BCUT2D eigenvalue weighted by atomic mass is 16.3. The Morgan fingerprint density at radius 1 is 1.12 bits per heavy atom. The molecular formula is C12H12N2O2. The van der Waals surface area contributed by atoms with E-state index in [4.69, 9.17) is 10.8 Å². The van der Waals surface area contributed by atoms with Crippen LogP contribution in [0.25, 0.3) is 11.1 Å². The summed E-state index contributed by atoms with van der Waals surface area (Å²) in [6.07, 6.45) is 1.64. The Morgan fingerprint density at radius 3 is 2.44 bits per heavy atom. The van der Waals surface area contributed by atoms with Crippen molar-refractivity contribution in [2.45, 2.75) is 6.61 Å². The van der Waals surface area contributed by atoms with Crippen molar-refractivity contribution < 1.29 is 10.2 Å². The number of nitrogens with two attached hydrogens (primary N) is 1. The molecule has 0 amide bonds. The average Bonchev–Trinajstić information content (AvgIpc) is 2.31. The first-order chi connectivity index (χ1) is 7.70. The molecule has 82 valence electrons. The zero-order chi connectivity index (χ0) is 11.5. The fourth-order valence-electron chi connectivity index (χ4n) is 1.46. The highest BCUT2D eigenvalue weighted by molar-refractivity contribution is 5.65. The number of benzene rings is 1. The number of pyridine rings is 1. The lowest BCUT2D eigenvalue weighted by Gasteiger charge is -2.05. The van der Waals surface area contributed by atoms with E-state index in [0.717, 1.165) is 11.1 Å². The third kappa shape index (κ3) is 1.97.